The summed E-state index contributed by atoms with van der Waals surface area (Å²) < 4.78 is 16.4. The second kappa shape index (κ2) is 11.9. The van der Waals surface area contributed by atoms with Gasteiger partial charge in [-0.05, 0) is 57.0 Å². The molecule has 3 N–H and O–H groups in total. The predicted octanol–water partition coefficient (Wildman–Crippen LogP) is 3.14. The van der Waals surface area contributed by atoms with E-state index in [1.165, 1.54) is 26.2 Å². The van der Waals surface area contributed by atoms with Crippen LogP contribution in [0.3, 0.4) is 0 Å². The van der Waals surface area contributed by atoms with Crippen LogP contribution in [0.15, 0.2) is 42.5 Å². The fraction of sp³-hybridized carbons (Fsp3) is 0.423. The monoisotopic (exact) mass is 528 g/mol. The fourth-order valence-electron chi connectivity index (χ4n) is 3.80. The summed E-state index contributed by atoms with van der Waals surface area (Å²) in [5.41, 5.74) is -0.118. The van der Waals surface area contributed by atoms with Crippen molar-refractivity contribution in [2.24, 2.45) is 0 Å². The third-order valence-electron chi connectivity index (χ3n) is 5.56. The van der Waals surface area contributed by atoms with E-state index in [1.807, 2.05) is 0 Å². The number of alkyl carbamates (subject to hydrolysis) is 1. The number of fused-ring (bicyclic) bond motifs is 9. The average Bonchev–Trinajstić information content (AvgIpc) is 2.82. The Morgan fingerprint density at radius 2 is 1.89 bits per heavy atom. The SMILES string of the molecule is COC[C@@H]1NC(=O)[C@H](C)NC(=O)[C@H](NC(=O)OC(C)(C)C)Cc2ccc(c([N+](=O)[O-])c2)Oc2cccc1c2. The quantitative estimate of drug-likeness (QED) is 0.403. The number of ether oxygens (including phenoxy) is 3. The zero-order chi connectivity index (χ0) is 28.0. The molecule has 38 heavy (non-hydrogen) atoms. The number of benzene rings is 2. The van der Waals surface area contributed by atoms with E-state index in [9.17, 15) is 24.5 Å². The summed E-state index contributed by atoms with van der Waals surface area (Å²) in [4.78, 5) is 49.9. The van der Waals surface area contributed by atoms with E-state index in [0.29, 0.717) is 16.9 Å². The second-order valence-electron chi connectivity index (χ2n) is 9.88. The van der Waals surface area contributed by atoms with Gasteiger partial charge in [0.25, 0.3) is 0 Å². The topological polar surface area (TPSA) is 158 Å². The number of nitrogens with zero attached hydrogens (tertiary/aromatic N) is 1. The molecule has 0 saturated heterocycles. The zero-order valence-corrected chi connectivity index (χ0v) is 21.9. The van der Waals surface area contributed by atoms with Crippen molar-refractivity contribution in [3.05, 3.63) is 63.7 Å². The van der Waals surface area contributed by atoms with Gasteiger partial charge in [-0.15, -0.1) is 0 Å². The van der Waals surface area contributed by atoms with Crippen LogP contribution in [0.25, 0.3) is 0 Å². The van der Waals surface area contributed by atoms with Gasteiger partial charge in [0.05, 0.1) is 17.6 Å². The minimum absolute atomic E-state index is 0.00922. The van der Waals surface area contributed by atoms with Crippen molar-refractivity contribution in [3.63, 3.8) is 0 Å². The number of methoxy groups -OCH3 is 1. The van der Waals surface area contributed by atoms with Gasteiger partial charge in [0.2, 0.25) is 17.6 Å². The molecule has 3 amide bonds. The highest BCUT2D eigenvalue weighted by Gasteiger charge is 2.29. The highest BCUT2D eigenvalue weighted by atomic mass is 16.6. The number of carbonyl (C=O) groups excluding carboxylic acids is 3. The van der Waals surface area contributed by atoms with E-state index in [0.717, 1.165) is 0 Å². The molecule has 12 heteroatoms. The lowest BCUT2D eigenvalue weighted by Gasteiger charge is -2.26. The van der Waals surface area contributed by atoms with Crippen LogP contribution in [0.4, 0.5) is 10.5 Å². The molecule has 2 heterocycles. The summed E-state index contributed by atoms with van der Waals surface area (Å²) in [6.45, 7) is 6.64. The number of nitro groups is 1. The number of carbonyl (C=O) groups is 3. The first kappa shape index (κ1) is 28.4. The summed E-state index contributed by atoms with van der Waals surface area (Å²) in [6.07, 6.45) is -0.959. The standard InChI is InChI=1S/C26H32N4O8/c1-15-23(31)28-20(14-36-5)17-7-6-8-18(13-17)37-22-10-9-16(12-21(22)30(34)35)11-19(24(32)27-15)29-25(33)38-26(2,3)4/h6-10,12-13,15,19-20H,11,14H2,1-5H3,(H,27,32)(H,28,31)(H,29,33)/t15-,19+,20-/m0/s1. The Morgan fingerprint density at radius 3 is 2.55 bits per heavy atom. The van der Waals surface area contributed by atoms with Crippen molar-refractivity contribution in [1.29, 1.82) is 0 Å². The number of nitro benzene ring substituents is 1. The van der Waals surface area contributed by atoms with Crippen LogP contribution in [0.2, 0.25) is 0 Å². The Hall–Kier alpha value is -4.19. The van der Waals surface area contributed by atoms with Gasteiger partial charge in [0.15, 0.2) is 0 Å². The molecule has 3 atom stereocenters. The maximum atomic E-state index is 13.2. The van der Waals surface area contributed by atoms with Crippen molar-refractivity contribution in [2.45, 2.75) is 57.8 Å². The number of hydrogen-bond donors (Lipinski definition) is 3. The molecule has 0 aliphatic carbocycles. The zero-order valence-electron chi connectivity index (χ0n) is 21.9. The Bertz CT molecular complexity index is 1210. The molecule has 0 fully saturated rings. The van der Waals surface area contributed by atoms with E-state index < -0.39 is 46.6 Å². The minimum Gasteiger partial charge on any atom is -0.450 e. The van der Waals surface area contributed by atoms with Crippen molar-refractivity contribution in [1.82, 2.24) is 16.0 Å². The summed E-state index contributed by atoms with van der Waals surface area (Å²) in [5.74, 6) is -0.829. The van der Waals surface area contributed by atoms with Crippen LogP contribution in [-0.4, -0.2) is 54.2 Å². The normalized spacial score (nSPS) is 20.1. The van der Waals surface area contributed by atoms with Gasteiger partial charge in [0.1, 0.15) is 23.4 Å². The van der Waals surface area contributed by atoms with Gasteiger partial charge < -0.3 is 30.2 Å². The molecule has 2 aliphatic heterocycles. The van der Waals surface area contributed by atoms with E-state index in [-0.39, 0.29) is 24.5 Å². The second-order valence-corrected chi connectivity index (χ2v) is 9.88. The van der Waals surface area contributed by atoms with Gasteiger partial charge in [-0.3, -0.25) is 19.7 Å². The average molecular weight is 529 g/mol. The van der Waals surface area contributed by atoms with Crippen molar-refractivity contribution in [3.8, 4) is 11.5 Å². The first-order valence-electron chi connectivity index (χ1n) is 12.0. The highest BCUT2D eigenvalue weighted by Crippen LogP contribution is 2.33. The van der Waals surface area contributed by atoms with E-state index in [4.69, 9.17) is 14.2 Å². The van der Waals surface area contributed by atoms with Crippen molar-refractivity contribution < 1.29 is 33.5 Å². The van der Waals surface area contributed by atoms with Crippen LogP contribution >= 0.6 is 0 Å². The van der Waals surface area contributed by atoms with Gasteiger partial charge >= 0.3 is 11.8 Å². The van der Waals surface area contributed by atoms with Crippen molar-refractivity contribution in [2.75, 3.05) is 13.7 Å². The third-order valence-corrected chi connectivity index (χ3v) is 5.56. The summed E-state index contributed by atoms with van der Waals surface area (Å²) in [7, 11) is 1.48. The molecule has 0 radical (unpaired) electrons. The van der Waals surface area contributed by atoms with Gasteiger partial charge in [0, 0.05) is 19.6 Å². The van der Waals surface area contributed by atoms with Crippen LogP contribution < -0.4 is 20.7 Å². The molecule has 0 saturated carbocycles. The molecule has 204 valence electrons. The largest absolute Gasteiger partial charge is 0.450 e. The van der Waals surface area contributed by atoms with Crippen LogP contribution in [0.1, 0.15) is 44.9 Å². The Labute approximate surface area is 220 Å². The molecule has 0 spiro atoms. The molecular weight excluding hydrogens is 496 g/mol. The molecule has 0 unspecified atom stereocenters. The fourth-order valence-corrected chi connectivity index (χ4v) is 3.80. The molecular formula is C26H32N4O8. The Balaban J connectivity index is 2.05. The lowest BCUT2D eigenvalue weighted by molar-refractivity contribution is -0.385. The predicted molar refractivity (Wildman–Crippen MR) is 137 cm³/mol. The molecule has 0 aromatic heterocycles. The molecule has 12 nitrogen and oxygen atoms in total. The Kier molecular flexibility index (Phi) is 8.89. The lowest BCUT2D eigenvalue weighted by Crippen LogP contribution is -2.54. The molecule has 4 rings (SSSR count). The lowest BCUT2D eigenvalue weighted by atomic mass is 10.0. The minimum atomic E-state index is -1.19. The van der Waals surface area contributed by atoms with E-state index in [1.54, 1.807) is 51.1 Å². The van der Waals surface area contributed by atoms with Crippen LogP contribution in [-0.2, 0) is 25.5 Å². The first-order valence-corrected chi connectivity index (χ1v) is 12.0. The number of nitrogens with one attached hydrogen (secondary N) is 3. The summed E-state index contributed by atoms with van der Waals surface area (Å²) >= 11 is 0. The maximum Gasteiger partial charge on any atom is 0.408 e. The summed E-state index contributed by atoms with van der Waals surface area (Å²) in [5, 5.41) is 19.8. The molecule has 2 aliphatic rings. The molecule has 4 bridgehead atoms. The van der Waals surface area contributed by atoms with Gasteiger partial charge in [-0.25, -0.2) is 4.79 Å². The van der Waals surface area contributed by atoms with Gasteiger partial charge in [-0.2, -0.15) is 0 Å². The molecule has 2 aromatic rings. The summed E-state index contributed by atoms with van der Waals surface area (Å²) in [6, 6.07) is 8.25. The Morgan fingerprint density at radius 1 is 1.16 bits per heavy atom. The highest BCUT2D eigenvalue weighted by molar-refractivity contribution is 5.91. The van der Waals surface area contributed by atoms with Crippen molar-refractivity contribution >= 4 is 23.6 Å². The van der Waals surface area contributed by atoms with E-state index >= 15 is 0 Å². The van der Waals surface area contributed by atoms with Crippen LogP contribution in [0, 0.1) is 10.1 Å². The number of rotatable bonds is 4. The smallest absolute Gasteiger partial charge is 0.408 e. The number of amides is 3. The maximum absolute atomic E-state index is 13.2. The van der Waals surface area contributed by atoms with Crippen LogP contribution in [0.5, 0.6) is 11.5 Å². The first-order chi connectivity index (χ1) is 17.9. The third kappa shape index (κ3) is 7.65. The number of hydrogen-bond acceptors (Lipinski definition) is 8. The molecule has 2 aromatic carbocycles. The van der Waals surface area contributed by atoms with Gasteiger partial charge in [-0.1, -0.05) is 18.2 Å². The van der Waals surface area contributed by atoms with E-state index in [2.05, 4.69) is 16.0 Å².